The molecule has 1 aromatic heterocycles. The van der Waals surface area contributed by atoms with Crippen LogP contribution in [0.5, 0.6) is 0 Å². The van der Waals surface area contributed by atoms with Gasteiger partial charge in [-0.05, 0) is 12.8 Å². The Hall–Kier alpha value is -0.620. The lowest BCUT2D eigenvalue weighted by Gasteiger charge is -2.25. The molecular weight excluding hydrogens is 264 g/mol. The Morgan fingerprint density at radius 1 is 1.47 bits per heavy atom. The Kier molecular flexibility index (Phi) is 6.79. The predicted octanol–water partition coefficient (Wildman–Crippen LogP) is 1.83. The van der Waals surface area contributed by atoms with E-state index >= 15 is 0 Å². The first-order valence-corrected chi connectivity index (χ1v) is 7.15. The standard InChI is InChI=1S/C13H25ClN4O/c1-5-7-12(19-4)10(16-15)8-11-13(14)9(6-2)17-18(11)3/h10,12,16H,5-8,15H2,1-4H3. The smallest absolute Gasteiger partial charge is 0.0850 e. The van der Waals surface area contributed by atoms with Crippen molar-refractivity contribution in [1.82, 2.24) is 15.2 Å². The molecule has 2 atom stereocenters. The van der Waals surface area contributed by atoms with Crippen LogP contribution in [-0.2, 0) is 24.6 Å². The zero-order valence-electron chi connectivity index (χ0n) is 12.2. The summed E-state index contributed by atoms with van der Waals surface area (Å²) >= 11 is 6.36. The van der Waals surface area contributed by atoms with E-state index in [9.17, 15) is 0 Å². The fraction of sp³-hybridized carbons (Fsp3) is 0.769. The first-order valence-electron chi connectivity index (χ1n) is 6.78. The Labute approximate surface area is 120 Å². The molecule has 0 aliphatic heterocycles. The van der Waals surface area contributed by atoms with Crippen LogP contribution in [0.1, 0.15) is 38.1 Å². The van der Waals surface area contributed by atoms with Gasteiger partial charge < -0.3 is 4.74 Å². The van der Waals surface area contributed by atoms with E-state index in [0.717, 1.165) is 35.7 Å². The van der Waals surface area contributed by atoms with Crippen molar-refractivity contribution in [2.75, 3.05) is 7.11 Å². The second kappa shape index (κ2) is 7.85. The van der Waals surface area contributed by atoms with Gasteiger partial charge in [-0.25, -0.2) is 0 Å². The highest BCUT2D eigenvalue weighted by Gasteiger charge is 2.23. The first kappa shape index (κ1) is 16.4. The average Bonchev–Trinajstić information content (AvgIpc) is 2.69. The third kappa shape index (κ3) is 3.92. The lowest BCUT2D eigenvalue weighted by Crippen LogP contribution is -2.46. The molecule has 0 amide bonds. The lowest BCUT2D eigenvalue weighted by atomic mass is 10.0. The number of halogens is 1. The first-order chi connectivity index (χ1) is 9.08. The second-order valence-electron chi connectivity index (χ2n) is 4.72. The van der Waals surface area contributed by atoms with E-state index in [4.69, 9.17) is 22.2 Å². The molecule has 0 radical (unpaired) electrons. The Morgan fingerprint density at radius 3 is 2.58 bits per heavy atom. The molecule has 1 heterocycles. The van der Waals surface area contributed by atoms with Gasteiger partial charge in [-0.15, -0.1) is 0 Å². The molecule has 0 saturated carbocycles. The maximum absolute atomic E-state index is 6.36. The topological polar surface area (TPSA) is 65.1 Å². The number of hydrogen-bond donors (Lipinski definition) is 2. The number of ether oxygens (including phenoxy) is 1. The molecule has 110 valence electrons. The molecular formula is C13H25ClN4O. The molecule has 3 N–H and O–H groups in total. The Morgan fingerprint density at radius 2 is 2.16 bits per heavy atom. The summed E-state index contributed by atoms with van der Waals surface area (Å²) in [4.78, 5) is 0. The zero-order chi connectivity index (χ0) is 14.4. The van der Waals surface area contributed by atoms with Crippen molar-refractivity contribution in [3.8, 4) is 0 Å². The summed E-state index contributed by atoms with van der Waals surface area (Å²) in [6.45, 7) is 4.18. The minimum absolute atomic E-state index is 0.0301. The number of aromatic nitrogens is 2. The van der Waals surface area contributed by atoms with Crippen molar-refractivity contribution in [3.05, 3.63) is 16.4 Å². The predicted molar refractivity (Wildman–Crippen MR) is 78.1 cm³/mol. The summed E-state index contributed by atoms with van der Waals surface area (Å²) in [5.74, 6) is 5.66. The quantitative estimate of drug-likeness (QED) is 0.566. The normalized spacial score (nSPS) is 14.6. The van der Waals surface area contributed by atoms with Gasteiger partial charge in [-0.2, -0.15) is 5.10 Å². The highest BCUT2D eigenvalue weighted by atomic mass is 35.5. The van der Waals surface area contributed by atoms with Gasteiger partial charge in [0.15, 0.2) is 0 Å². The lowest BCUT2D eigenvalue weighted by molar-refractivity contribution is 0.0604. The highest BCUT2D eigenvalue weighted by Crippen LogP contribution is 2.23. The number of nitrogens with one attached hydrogen (secondary N) is 1. The number of rotatable bonds is 8. The van der Waals surface area contributed by atoms with Crippen LogP contribution in [0.4, 0.5) is 0 Å². The van der Waals surface area contributed by atoms with E-state index in [1.807, 2.05) is 18.7 Å². The summed E-state index contributed by atoms with van der Waals surface area (Å²) in [6, 6.07) is 0.0301. The third-order valence-corrected chi connectivity index (χ3v) is 3.89. The van der Waals surface area contributed by atoms with Gasteiger partial charge in [0.2, 0.25) is 0 Å². The van der Waals surface area contributed by atoms with Crippen molar-refractivity contribution in [2.24, 2.45) is 12.9 Å². The maximum Gasteiger partial charge on any atom is 0.0850 e. The van der Waals surface area contributed by atoms with Gasteiger partial charge >= 0.3 is 0 Å². The molecule has 0 aliphatic rings. The number of aryl methyl sites for hydroxylation is 2. The molecule has 0 aliphatic carbocycles. The minimum Gasteiger partial charge on any atom is -0.380 e. The number of methoxy groups -OCH3 is 1. The van der Waals surface area contributed by atoms with Crippen LogP contribution in [0.25, 0.3) is 0 Å². The van der Waals surface area contributed by atoms with Crippen molar-refractivity contribution >= 4 is 11.6 Å². The largest absolute Gasteiger partial charge is 0.380 e. The average molecular weight is 289 g/mol. The van der Waals surface area contributed by atoms with Gasteiger partial charge in [0.05, 0.1) is 28.6 Å². The zero-order valence-corrected chi connectivity index (χ0v) is 13.0. The summed E-state index contributed by atoms with van der Waals surface area (Å²) in [5, 5.41) is 5.17. The van der Waals surface area contributed by atoms with Crippen molar-refractivity contribution in [1.29, 1.82) is 0 Å². The maximum atomic E-state index is 6.36. The van der Waals surface area contributed by atoms with Crippen LogP contribution >= 0.6 is 11.6 Å². The van der Waals surface area contributed by atoms with Gasteiger partial charge in [-0.3, -0.25) is 16.0 Å². The van der Waals surface area contributed by atoms with Crippen LogP contribution in [-0.4, -0.2) is 29.0 Å². The van der Waals surface area contributed by atoms with E-state index in [-0.39, 0.29) is 12.1 Å². The molecule has 1 rings (SSSR count). The van der Waals surface area contributed by atoms with Crippen LogP contribution in [0.15, 0.2) is 0 Å². The van der Waals surface area contributed by atoms with Crippen LogP contribution < -0.4 is 11.3 Å². The van der Waals surface area contributed by atoms with Crippen molar-refractivity contribution < 1.29 is 4.74 Å². The van der Waals surface area contributed by atoms with Crippen molar-refractivity contribution in [3.63, 3.8) is 0 Å². The fourth-order valence-electron chi connectivity index (χ4n) is 2.32. The molecule has 0 aromatic carbocycles. The fourth-order valence-corrected chi connectivity index (χ4v) is 2.69. The van der Waals surface area contributed by atoms with Gasteiger partial charge in [0.25, 0.3) is 0 Å². The Bertz CT molecular complexity index is 394. The minimum atomic E-state index is 0.0301. The number of nitrogens with two attached hydrogens (primary N) is 1. The monoisotopic (exact) mass is 288 g/mol. The third-order valence-electron chi connectivity index (χ3n) is 3.46. The summed E-state index contributed by atoms with van der Waals surface area (Å²) in [6.07, 6.45) is 3.62. The summed E-state index contributed by atoms with van der Waals surface area (Å²) in [7, 11) is 3.63. The molecule has 19 heavy (non-hydrogen) atoms. The van der Waals surface area contributed by atoms with Crippen LogP contribution in [0.3, 0.4) is 0 Å². The molecule has 5 nitrogen and oxygen atoms in total. The molecule has 0 fully saturated rings. The van der Waals surface area contributed by atoms with E-state index in [0.29, 0.717) is 6.42 Å². The Balaban J connectivity index is 2.88. The second-order valence-corrected chi connectivity index (χ2v) is 5.10. The molecule has 6 heteroatoms. The van der Waals surface area contributed by atoms with Gasteiger partial charge in [0.1, 0.15) is 0 Å². The van der Waals surface area contributed by atoms with Gasteiger partial charge in [-0.1, -0.05) is 31.9 Å². The van der Waals surface area contributed by atoms with E-state index in [2.05, 4.69) is 17.4 Å². The SMILES string of the molecule is CCCC(OC)C(Cc1c(Cl)c(CC)nn1C)NN. The van der Waals surface area contributed by atoms with Crippen LogP contribution in [0, 0.1) is 0 Å². The number of nitrogens with zero attached hydrogens (tertiary/aromatic N) is 2. The van der Waals surface area contributed by atoms with Crippen LogP contribution in [0.2, 0.25) is 5.02 Å². The highest BCUT2D eigenvalue weighted by molar-refractivity contribution is 6.31. The molecule has 1 aromatic rings. The van der Waals surface area contributed by atoms with Gasteiger partial charge in [0, 0.05) is 20.6 Å². The van der Waals surface area contributed by atoms with E-state index in [1.54, 1.807) is 7.11 Å². The van der Waals surface area contributed by atoms with Crippen molar-refractivity contribution in [2.45, 2.75) is 51.7 Å². The molecule has 0 saturated heterocycles. The molecule has 2 unspecified atom stereocenters. The van der Waals surface area contributed by atoms with E-state index < -0.39 is 0 Å². The van der Waals surface area contributed by atoms with E-state index in [1.165, 1.54) is 0 Å². The number of hydrazine groups is 1. The molecule has 0 spiro atoms. The summed E-state index contributed by atoms with van der Waals surface area (Å²) in [5.41, 5.74) is 4.77. The number of hydrogen-bond acceptors (Lipinski definition) is 4. The molecule has 0 bridgehead atoms. The summed E-state index contributed by atoms with van der Waals surface area (Å²) < 4.78 is 7.35.